The Morgan fingerprint density at radius 1 is 1.29 bits per heavy atom. The minimum atomic E-state index is -0.424. The second-order valence-electron chi connectivity index (χ2n) is 6.16. The van der Waals surface area contributed by atoms with Gasteiger partial charge >= 0.3 is 0 Å². The summed E-state index contributed by atoms with van der Waals surface area (Å²) in [5.41, 5.74) is 1.18. The molecule has 3 heteroatoms. The molecule has 1 N–H and O–H groups in total. The Hall–Kier alpha value is -1.06. The first-order valence-electron chi connectivity index (χ1n) is 8.30. The van der Waals surface area contributed by atoms with Crippen LogP contribution in [0.2, 0.25) is 0 Å². The lowest BCUT2D eigenvalue weighted by Gasteiger charge is -2.34. The number of hydrogen-bond donors (Lipinski definition) is 1. The van der Waals surface area contributed by atoms with E-state index in [0.29, 0.717) is 19.2 Å². The molecule has 0 aromatic heterocycles. The predicted octanol–water partition coefficient (Wildman–Crippen LogP) is 3.39. The maximum atomic E-state index is 10.2. The molecule has 2 rings (SSSR count). The van der Waals surface area contributed by atoms with Gasteiger partial charge in [0.15, 0.2) is 0 Å². The molecule has 1 aromatic carbocycles. The van der Waals surface area contributed by atoms with Gasteiger partial charge < -0.3 is 9.84 Å². The minimum Gasteiger partial charge on any atom is -0.491 e. The first kappa shape index (κ1) is 16.3. The molecule has 1 aliphatic carbocycles. The van der Waals surface area contributed by atoms with Crippen molar-refractivity contribution < 1.29 is 9.84 Å². The van der Waals surface area contributed by atoms with E-state index in [0.717, 1.165) is 12.3 Å². The van der Waals surface area contributed by atoms with Crippen LogP contribution in [0, 0.1) is 6.92 Å². The van der Waals surface area contributed by atoms with E-state index < -0.39 is 6.10 Å². The number of aliphatic hydroxyl groups is 1. The van der Waals surface area contributed by atoms with Gasteiger partial charge in [-0.1, -0.05) is 38.3 Å². The Morgan fingerprint density at radius 2 is 2.05 bits per heavy atom. The van der Waals surface area contributed by atoms with Crippen LogP contribution in [0.25, 0.3) is 0 Å². The zero-order valence-corrected chi connectivity index (χ0v) is 13.4. The molecule has 1 aliphatic rings. The van der Waals surface area contributed by atoms with E-state index in [1.54, 1.807) is 0 Å². The van der Waals surface area contributed by atoms with Gasteiger partial charge in [0.05, 0.1) is 0 Å². The number of hydrogen-bond acceptors (Lipinski definition) is 3. The molecule has 1 unspecified atom stereocenters. The monoisotopic (exact) mass is 291 g/mol. The number of ether oxygens (including phenoxy) is 1. The van der Waals surface area contributed by atoms with Crippen molar-refractivity contribution in [1.82, 2.24) is 4.90 Å². The third kappa shape index (κ3) is 5.33. The Labute approximate surface area is 128 Å². The lowest BCUT2D eigenvalue weighted by Crippen LogP contribution is -2.43. The Balaban J connectivity index is 1.78. The third-order valence-corrected chi connectivity index (χ3v) is 4.37. The molecule has 1 fully saturated rings. The maximum Gasteiger partial charge on any atom is 0.119 e. The Kier molecular flexibility index (Phi) is 6.52. The minimum absolute atomic E-state index is 0.368. The fourth-order valence-electron chi connectivity index (χ4n) is 3.20. The van der Waals surface area contributed by atoms with Gasteiger partial charge in [-0.05, 0) is 44.0 Å². The lowest BCUT2D eigenvalue weighted by atomic mass is 9.94. The topological polar surface area (TPSA) is 32.7 Å². The molecule has 0 amide bonds. The molecule has 3 nitrogen and oxygen atoms in total. The summed E-state index contributed by atoms with van der Waals surface area (Å²) < 4.78 is 5.70. The quantitative estimate of drug-likeness (QED) is 0.836. The van der Waals surface area contributed by atoms with Crippen molar-refractivity contribution in [3.05, 3.63) is 29.8 Å². The van der Waals surface area contributed by atoms with E-state index in [1.165, 1.54) is 37.7 Å². The largest absolute Gasteiger partial charge is 0.491 e. The van der Waals surface area contributed by atoms with Crippen LogP contribution in [-0.2, 0) is 0 Å². The second kappa shape index (κ2) is 8.40. The summed E-state index contributed by atoms with van der Waals surface area (Å²) in [6, 6.07) is 8.63. The van der Waals surface area contributed by atoms with Crippen LogP contribution < -0.4 is 4.74 Å². The number of rotatable bonds is 7. The van der Waals surface area contributed by atoms with E-state index >= 15 is 0 Å². The fourth-order valence-corrected chi connectivity index (χ4v) is 3.20. The summed E-state index contributed by atoms with van der Waals surface area (Å²) in [7, 11) is 0. The van der Waals surface area contributed by atoms with Gasteiger partial charge in [0.1, 0.15) is 18.5 Å². The average molecular weight is 291 g/mol. The van der Waals surface area contributed by atoms with E-state index in [1.807, 2.05) is 31.2 Å². The zero-order valence-electron chi connectivity index (χ0n) is 13.4. The zero-order chi connectivity index (χ0) is 15.1. The second-order valence-corrected chi connectivity index (χ2v) is 6.16. The molecule has 1 atom stereocenters. The predicted molar refractivity (Wildman–Crippen MR) is 86.8 cm³/mol. The summed E-state index contributed by atoms with van der Waals surface area (Å²) in [4.78, 5) is 2.42. The highest BCUT2D eigenvalue weighted by Crippen LogP contribution is 2.22. The molecular formula is C18H29NO2. The van der Waals surface area contributed by atoms with E-state index in [9.17, 15) is 5.11 Å². The average Bonchev–Trinajstić information content (AvgIpc) is 2.51. The number of likely N-dealkylation sites (N-methyl/N-ethyl adjacent to an activating group) is 1. The number of aliphatic hydroxyl groups excluding tert-OH is 1. The van der Waals surface area contributed by atoms with Crippen molar-refractivity contribution in [2.24, 2.45) is 0 Å². The number of nitrogens with zero attached hydrogens (tertiary/aromatic N) is 1. The van der Waals surface area contributed by atoms with Crippen molar-refractivity contribution in [2.45, 2.75) is 58.1 Å². The van der Waals surface area contributed by atoms with Gasteiger partial charge in [0.25, 0.3) is 0 Å². The molecule has 0 spiro atoms. The van der Waals surface area contributed by atoms with Crippen LogP contribution in [-0.4, -0.2) is 41.8 Å². The standard InChI is InChI=1S/C18H29NO2/c1-3-19(16-9-5-4-6-10-16)13-17(20)14-21-18-11-7-8-15(2)12-18/h7-8,11-12,16-17,20H,3-6,9-10,13-14H2,1-2H3. The highest BCUT2D eigenvalue weighted by molar-refractivity contribution is 5.27. The normalized spacial score (nSPS) is 17.9. The molecule has 1 saturated carbocycles. The molecule has 1 aromatic rings. The smallest absolute Gasteiger partial charge is 0.119 e. The SMILES string of the molecule is CCN(CC(O)COc1cccc(C)c1)C1CCCCC1. The van der Waals surface area contributed by atoms with Crippen molar-refractivity contribution in [3.63, 3.8) is 0 Å². The van der Waals surface area contributed by atoms with Crippen molar-refractivity contribution in [2.75, 3.05) is 19.7 Å². The summed E-state index contributed by atoms with van der Waals surface area (Å²) in [5.74, 6) is 0.842. The Morgan fingerprint density at radius 3 is 2.71 bits per heavy atom. The lowest BCUT2D eigenvalue weighted by molar-refractivity contribution is 0.0463. The van der Waals surface area contributed by atoms with Gasteiger partial charge in [-0.25, -0.2) is 0 Å². The van der Waals surface area contributed by atoms with Crippen LogP contribution in [0.4, 0.5) is 0 Å². The third-order valence-electron chi connectivity index (χ3n) is 4.37. The summed E-state index contributed by atoms with van der Waals surface area (Å²) in [5, 5.41) is 10.2. The van der Waals surface area contributed by atoms with Crippen LogP contribution >= 0.6 is 0 Å². The van der Waals surface area contributed by atoms with E-state index in [2.05, 4.69) is 11.8 Å². The summed E-state index contributed by atoms with van der Waals surface area (Å²) in [6.45, 7) is 6.32. The van der Waals surface area contributed by atoms with Gasteiger partial charge in [-0.3, -0.25) is 4.90 Å². The summed E-state index contributed by atoms with van der Waals surface area (Å²) >= 11 is 0. The fraction of sp³-hybridized carbons (Fsp3) is 0.667. The van der Waals surface area contributed by atoms with Gasteiger partial charge in [-0.2, -0.15) is 0 Å². The van der Waals surface area contributed by atoms with Crippen LogP contribution in [0.15, 0.2) is 24.3 Å². The molecule has 118 valence electrons. The van der Waals surface area contributed by atoms with E-state index in [-0.39, 0.29) is 0 Å². The van der Waals surface area contributed by atoms with Crippen LogP contribution in [0.5, 0.6) is 5.75 Å². The van der Waals surface area contributed by atoms with Crippen molar-refractivity contribution >= 4 is 0 Å². The Bertz CT molecular complexity index is 415. The highest BCUT2D eigenvalue weighted by atomic mass is 16.5. The highest BCUT2D eigenvalue weighted by Gasteiger charge is 2.22. The molecular weight excluding hydrogens is 262 g/mol. The molecule has 0 radical (unpaired) electrons. The number of benzene rings is 1. The molecule has 0 aliphatic heterocycles. The van der Waals surface area contributed by atoms with E-state index in [4.69, 9.17) is 4.74 Å². The van der Waals surface area contributed by atoms with Crippen molar-refractivity contribution in [1.29, 1.82) is 0 Å². The first-order valence-corrected chi connectivity index (χ1v) is 8.30. The van der Waals surface area contributed by atoms with Crippen LogP contribution in [0.3, 0.4) is 0 Å². The van der Waals surface area contributed by atoms with Gasteiger partial charge in [0, 0.05) is 12.6 Å². The first-order chi connectivity index (χ1) is 10.2. The molecule has 0 heterocycles. The maximum absolute atomic E-state index is 10.2. The summed E-state index contributed by atoms with van der Waals surface area (Å²) in [6.07, 6.45) is 6.16. The molecule has 0 saturated heterocycles. The molecule has 21 heavy (non-hydrogen) atoms. The number of aryl methyl sites for hydroxylation is 1. The van der Waals surface area contributed by atoms with Gasteiger partial charge in [-0.15, -0.1) is 0 Å². The van der Waals surface area contributed by atoms with Crippen LogP contribution in [0.1, 0.15) is 44.6 Å². The van der Waals surface area contributed by atoms with Gasteiger partial charge in [0.2, 0.25) is 0 Å². The van der Waals surface area contributed by atoms with Crippen molar-refractivity contribution in [3.8, 4) is 5.75 Å². The molecule has 0 bridgehead atoms.